The Kier molecular flexibility index (Phi) is 11.2. The number of rotatable bonds is 10. The average Bonchev–Trinajstić information content (AvgIpc) is 3.93. The fourth-order valence-corrected chi connectivity index (χ4v) is 10.3. The molecule has 3 aliphatic rings. The maximum atomic E-state index is 14.5. The van der Waals surface area contributed by atoms with E-state index in [1.165, 1.54) is 37.8 Å². The number of nitrogens with zero attached hydrogens (tertiary/aromatic N) is 8. The minimum absolute atomic E-state index is 0.0120. The molecule has 2 unspecified atom stereocenters. The summed E-state index contributed by atoms with van der Waals surface area (Å²) >= 11 is 0. The van der Waals surface area contributed by atoms with Crippen molar-refractivity contribution in [3.05, 3.63) is 129 Å². The highest BCUT2D eigenvalue weighted by atomic mass is 19.4. The summed E-state index contributed by atoms with van der Waals surface area (Å²) < 4.78 is 65.4. The topological polar surface area (TPSA) is 200 Å². The first kappa shape index (κ1) is 45.4. The number of aromatic nitrogens is 6. The molecule has 1 spiro atoms. The second kappa shape index (κ2) is 17.0. The number of nitrogens with one attached hydrogen (secondary N) is 2. The molecule has 0 saturated carbocycles. The van der Waals surface area contributed by atoms with Crippen molar-refractivity contribution in [1.82, 2.24) is 38.3 Å². The maximum absolute atomic E-state index is 14.5. The molecule has 69 heavy (non-hydrogen) atoms. The number of nitrogens with two attached hydrogens (primary N) is 1. The molecule has 2 atom stereocenters. The number of fused-ring (bicyclic) bond motifs is 2. The monoisotopic (exact) mass is 949 g/mol. The van der Waals surface area contributed by atoms with Crippen LogP contribution in [0.25, 0.3) is 38.9 Å². The van der Waals surface area contributed by atoms with Gasteiger partial charge in [-0.2, -0.15) is 18.3 Å². The van der Waals surface area contributed by atoms with E-state index in [0.717, 1.165) is 69.0 Å². The predicted octanol–water partition coefficient (Wildman–Crippen LogP) is 4.79. The van der Waals surface area contributed by atoms with Crippen molar-refractivity contribution in [2.24, 2.45) is 25.2 Å². The fourth-order valence-electron chi connectivity index (χ4n) is 10.3. The van der Waals surface area contributed by atoms with Crippen molar-refractivity contribution >= 4 is 51.0 Å². The van der Waals surface area contributed by atoms with Crippen molar-refractivity contribution in [2.75, 3.05) is 42.9 Å². The zero-order chi connectivity index (χ0) is 48.7. The fraction of sp³-hybridized carbons (Fsp3) is 0.333. The number of hydrogen-bond acceptors (Lipinski definition) is 10. The number of likely N-dealkylation sites (tertiary alicyclic amines) is 1. The molecular weight excluding hydrogens is 903 g/mol. The molecule has 3 fully saturated rings. The molecule has 3 aliphatic heterocycles. The molecule has 5 N–H and O–H groups in total. The Labute approximate surface area is 389 Å². The van der Waals surface area contributed by atoms with Gasteiger partial charge in [-0.15, -0.1) is 0 Å². The number of amides is 3. The number of carbonyl (C=O) groups excluding carboxylic acids is 3. The minimum Gasteiger partial charge on any atom is -0.374 e. The second-order valence-electron chi connectivity index (χ2n) is 18.3. The summed E-state index contributed by atoms with van der Waals surface area (Å²) in [4.78, 5) is 69.3. The smallest absolute Gasteiger partial charge is 0.374 e. The summed E-state index contributed by atoms with van der Waals surface area (Å²) in [6.45, 7) is 3.85. The Bertz CT molecular complexity index is 3330. The molecule has 3 amide bonds. The van der Waals surface area contributed by atoms with Crippen molar-refractivity contribution in [2.45, 2.75) is 50.7 Å². The Hall–Kier alpha value is -7.36. The molecule has 0 bridgehead atoms. The number of aliphatic hydroxyl groups is 1. The molecule has 358 valence electrons. The summed E-state index contributed by atoms with van der Waals surface area (Å²) in [5.41, 5.74) is 7.39. The van der Waals surface area contributed by atoms with Gasteiger partial charge in [-0.1, -0.05) is 12.1 Å². The van der Waals surface area contributed by atoms with Crippen LogP contribution in [0, 0.1) is 11.2 Å². The molecule has 3 aromatic heterocycles. The van der Waals surface area contributed by atoms with Crippen LogP contribution in [0.4, 0.5) is 28.9 Å². The molecule has 0 aliphatic carbocycles. The van der Waals surface area contributed by atoms with Crippen LogP contribution >= 0.6 is 0 Å². The molecule has 0 radical (unpaired) electrons. The largest absolute Gasteiger partial charge is 0.416 e. The highest BCUT2D eigenvalue weighted by molar-refractivity contribution is 6.13. The number of halogens is 4. The summed E-state index contributed by atoms with van der Waals surface area (Å²) in [6.07, 6.45) is -2.97. The van der Waals surface area contributed by atoms with Crippen LogP contribution < -0.4 is 32.6 Å². The van der Waals surface area contributed by atoms with E-state index < -0.39 is 41.6 Å². The van der Waals surface area contributed by atoms with Gasteiger partial charge in [-0.3, -0.25) is 28.8 Å². The standard InChI is InChI=1S/C48H47F4N11O6/c1-57-39-23-32(8-10-36(39)63(45(57)68)37-11-12-40(64)56-44(37)67)60-15-13-47(14-16-60)24-59(25-47)17-18-61-38(27-3-6-31(7-4-27)62-26-54-58(2)46(62)69)20-28-19-29(48(50,51)52)21-34(41(28)61)43(66)55-30-5-9-35(49)33(22-30)42(53)65/h3-10,19-23,26,37,42,65H,11-18,24-25,53H2,1-2H3,(H,55,66)(H,56,64,67). The van der Waals surface area contributed by atoms with E-state index >= 15 is 0 Å². The molecule has 21 heteroatoms. The molecule has 7 aromatic rings. The van der Waals surface area contributed by atoms with Crippen LogP contribution in [0.3, 0.4) is 0 Å². The highest BCUT2D eigenvalue weighted by Gasteiger charge is 2.45. The van der Waals surface area contributed by atoms with Crippen LogP contribution in [0.15, 0.2) is 94.8 Å². The van der Waals surface area contributed by atoms with E-state index in [-0.39, 0.29) is 69.8 Å². The van der Waals surface area contributed by atoms with E-state index in [0.29, 0.717) is 34.5 Å². The summed E-state index contributed by atoms with van der Waals surface area (Å²) in [5.74, 6) is -2.57. The first-order chi connectivity index (χ1) is 32.9. The molecule has 6 heterocycles. The SMILES string of the molecule is Cn1ncn(-c2ccc(-c3cc4cc(C(F)(F)F)cc(C(=O)Nc5ccc(F)c(C(N)O)c5)c4n3CCN3CC4(CCN(c5ccc6c(c5)n(C)c(=O)n6C5CCC(=O)NC5=O)CC4)C3)cc2)c1=O. The van der Waals surface area contributed by atoms with E-state index in [9.17, 15) is 46.6 Å². The number of alkyl halides is 3. The number of imidazole rings is 1. The van der Waals surface area contributed by atoms with Crippen LogP contribution in [0.1, 0.15) is 59.4 Å². The zero-order valence-corrected chi connectivity index (χ0v) is 37.5. The number of benzene rings is 4. The Morgan fingerprint density at radius 1 is 0.913 bits per heavy atom. The van der Waals surface area contributed by atoms with Crippen LogP contribution in [-0.4, -0.2) is 88.5 Å². The third kappa shape index (κ3) is 8.18. The molecule has 17 nitrogen and oxygen atoms in total. The van der Waals surface area contributed by atoms with Crippen LogP contribution in [-0.2, 0) is 36.4 Å². The molecular formula is C48H47F4N11O6. The Morgan fingerprint density at radius 2 is 1.64 bits per heavy atom. The number of piperidine rings is 2. The van der Waals surface area contributed by atoms with Gasteiger partial charge in [0.1, 0.15) is 24.4 Å². The van der Waals surface area contributed by atoms with E-state index in [2.05, 4.69) is 25.5 Å². The number of imide groups is 1. The number of anilines is 2. The van der Waals surface area contributed by atoms with Gasteiger partial charge < -0.3 is 30.5 Å². The summed E-state index contributed by atoms with van der Waals surface area (Å²) in [7, 11) is 3.19. The van der Waals surface area contributed by atoms with Gasteiger partial charge >= 0.3 is 17.6 Å². The lowest BCUT2D eigenvalue weighted by Crippen LogP contribution is -2.60. The lowest BCUT2D eigenvalue weighted by Gasteiger charge is -2.54. The van der Waals surface area contributed by atoms with Gasteiger partial charge in [0.05, 0.1) is 33.4 Å². The normalized spacial score (nSPS) is 18.0. The molecule has 3 saturated heterocycles. The van der Waals surface area contributed by atoms with Crippen molar-refractivity contribution < 1.29 is 37.1 Å². The van der Waals surface area contributed by atoms with Gasteiger partial charge in [0.2, 0.25) is 11.8 Å². The maximum Gasteiger partial charge on any atom is 0.416 e. The predicted molar refractivity (Wildman–Crippen MR) is 247 cm³/mol. The molecule has 4 aromatic carbocycles. The van der Waals surface area contributed by atoms with Gasteiger partial charge in [-0.05, 0) is 97.0 Å². The first-order valence-corrected chi connectivity index (χ1v) is 22.4. The third-order valence-electron chi connectivity index (χ3n) is 13.9. The van der Waals surface area contributed by atoms with Gasteiger partial charge in [-0.25, -0.2) is 23.2 Å². The number of aryl methyl sites for hydroxylation is 2. The number of carbonyl (C=O) groups is 3. The third-order valence-corrected chi connectivity index (χ3v) is 13.9. The zero-order valence-electron chi connectivity index (χ0n) is 37.5. The van der Waals surface area contributed by atoms with E-state index in [4.69, 9.17) is 5.73 Å². The summed E-state index contributed by atoms with van der Waals surface area (Å²) in [6, 6.07) is 18.7. The summed E-state index contributed by atoms with van der Waals surface area (Å²) in [5, 5.41) is 19.0. The number of hydrogen-bond donors (Lipinski definition) is 4. The number of aliphatic hydroxyl groups excluding tert-OH is 1. The first-order valence-electron chi connectivity index (χ1n) is 22.4. The van der Waals surface area contributed by atoms with Crippen molar-refractivity contribution in [1.29, 1.82) is 0 Å². The van der Waals surface area contributed by atoms with Gasteiger partial charge in [0.25, 0.3) is 5.91 Å². The van der Waals surface area contributed by atoms with Gasteiger partial charge in [0, 0.05) is 87.8 Å². The van der Waals surface area contributed by atoms with Crippen LogP contribution in [0.5, 0.6) is 0 Å². The van der Waals surface area contributed by atoms with E-state index in [1.54, 1.807) is 37.4 Å². The highest BCUT2D eigenvalue weighted by Crippen LogP contribution is 2.43. The van der Waals surface area contributed by atoms with Crippen molar-refractivity contribution in [3.8, 4) is 16.9 Å². The van der Waals surface area contributed by atoms with Crippen LogP contribution in [0.2, 0.25) is 0 Å². The molecule has 10 rings (SSSR count). The second-order valence-corrected chi connectivity index (χ2v) is 18.3. The van der Waals surface area contributed by atoms with E-state index in [1.807, 2.05) is 22.8 Å². The Balaban J connectivity index is 0.910. The van der Waals surface area contributed by atoms with Gasteiger partial charge in [0.15, 0.2) is 0 Å². The van der Waals surface area contributed by atoms with Crippen molar-refractivity contribution in [3.63, 3.8) is 0 Å². The quantitative estimate of drug-likeness (QED) is 0.0841. The lowest BCUT2D eigenvalue weighted by atomic mass is 9.72. The minimum atomic E-state index is -4.81. The Morgan fingerprint density at radius 3 is 2.30 bits per heavy atom. The average molecular weight is 950 g/mol. The lowest BCUT2D eigenvalue weighted by molar-refractivity contribution is -0.138.